The van der Waals surface area contributed by atoms with Crippen molar-refractivity contribution < 1.29 is 8.81 Å². The Bertz CT molecular complexity index is 646. The van der Waals surface area contributed by atoms with Gasteiger partial charge in [-0.15, -0.1) is 10.2 Å². The molecular weight excluding hydrogens is 247 g/mol. The normalized spacial score (nSPS) is 10.6. The SMILES string of the molecule is Fc1ccc(-c2ccc(CNn3cnnc3)o2)cc1. The molecule has 0 aliphatic heterocycles. The molecule has 2 heterocycles. The van der Waals surface area contributed by atoms with E-state index < -0.39 is 0 Å². The van der Waals surface area contributed by atoms with Gasteiger partial charge in [-0.2, -0.15) is 0 Å². The van der Waals surface area contributed by atoms with Crippen molar-refractivity contribution in [1.29, 1.82) is 0 Å². The number of nitrogens with zero attached hydrogens (tertiary/aromatic N) is 3. The Morgan fingerprint density at radius 2 is 1.79 bits per heavy atom. The summed E-state index contributed by atoms with van der Waals surface area (Å²) in [6, 6.07) is 9.92. The Balaban J connectivity index is 1.70. The Morgan fingerprint density at radius 1 is 1.05 bits per heavy atom. The highest BCUT2D eigenvalue weighted by atomic mass is 19.1. The second-order valence-corrected chi connectivity index (χ2v) is 3.98. The predicted octanol–water partition coefficient (Wildman–Crippen LogP) is 2.42. The van der Waals surface area contributed by atoms with Crippen LogP contribution in [0.3, 0.4) is 0 Å². The lowest BCUT2D eigenvalue weighted by Gasteiger charge is -2.02. The molecule has 3 aromatic rings. The summed E-state index contributed by atoms with van der Waals surface area (Å²) in [5.74, 6) is 1.22. The first-order chi connectivity index (χ1) is 9.31. The predicted molar refractivity (Wildman–Crippen MR) is 67.2 cm³/mol. The fourth-order valence-electron chi connectivity index (χ4n) is 1.69. The molecule has 1 N–H and O–H groups in total. The van der Waals surface area contributed by atoms with E-state index in [1.165, 1.54) is 12.1 Å². The lowest BCUT2D eigenvalue weighted by atomic mass is 10.2. The first-order valence-electron chi connectivity index (χ1n) is 5.74. The summed E-state index contributed by atoms with van der Waals surface area (Å²) in [7, 11) is 0. The van der Waals surface area contributed by atoms with Crippen molar-refractivity contribution in [2.45, 2.75) is 6.54 Å². The summed E-state index contributed by atoms with van der Waals surface area (Å²) in [4.78, 5) is 0. The molecule has 0 spiro atoms. The zero-order valence-corrected chi connectivity index (χ0v) is 9.95. The largest absolute Gasteiger partial charge is 0.459 e. The van der Waals surface area contributed by atoms with Crippen molar-refractivity contribution in [2.24, 2.45) is 0 Å². The number of aromatic nitrogens is 3. The molecule has 0 radical (unpaired) electrons. The summed E-state index contributed by atoms with van der Waals surface area (Å²) < 4.78 is 20.1. The van der Waals surface area contributed by atoms with Crippen molar-refractivity contribution in [3.63, 3.8) is 0 Å². The van der Waals surface area contributed by atoms with Crippen molar-refractivity contribution in [1.82, 2.24) is 14.9 Å². The van der Waals surface area contributed by atoms with Crippen molar-refractivity contribution in [3.05, 3.63) is 60.6 Å². The summed E-state index contributed by atoms with van der Waals surface area (Å²) in [5.41, 5.74) is 3.90. The number of benzene rings is 1. The zero-order valence-electron chi connectivity index (χ0n) is 9.95. The second kappa shape index (κ2) is 4.93. The lowest BCUT2D eigenvalue weighted by molar-refractivity contribution is 0.522. The topological polar surface area (TPSA) is 55.9 Å². The molecule has 1 aromatic carbocycles. The second-order valence-electron chi connectivity index (χ2n) is 3.98. The van der Waals surface area contributed by atoms with E-state index in [2.05, 4.69) is 15.6 Å². The molecule has 0 unspecified atom stereocenters. The van der Waals surface area contributed by atoms with Crippen molar-refractivity contribution >= 4 is 0 Å². The number of rotatable bonds is 4. The number of furan rings is 1. The molecule has 3 rings (SSSR count). The minimum atomic E-state index is -0.259. The molecule has 0 amide bonds. The van der Waals surface area contributed by atoms with E-state index in [0.29, 0.717) is 12.3 Å². The van der Waals surface area contributed by atoms with E-state index in [4.69, 9.17) is 4.42 Å². The summed E-state index contributed by atoms with van der Waals surface area (Å²) in [5, 5.41) is 7.36. The molecule has 0 bridgehead atoms. The molecule has 6 heteroatoms. The van der Waals surface area contributed by atoms with Crippen LogP contribution in [0, 0.1) is 5.82 Å². The molecular formula is C13H11FN4O. The van der Waals surface area contributed by atoms with E-state index in [0.717, 1.165) is 11.3 Å². The Kier molecular flexibility index (Phi) is 2.97. The third-order valence-electron chi connectivity index (χ3n) is 2.65. The zero-order chi connectivity index (χ0) is 13.1. The first kappa shape index (κ1) is 11.5. The smallest absolute Gasteiger partial charge is 0.138 e. The average Bonchev–Trinajstić information content (AvgIpc) is 3.09. The summed E-state index contributed by atoms with van der Waals surface area (Å²) >= 11 is 0. The quantitative estimate of drug-likeness (QED) is 0.780. The van der Waals surface area contributed by atoms with E-state index in [-0.39, 0.29) is 5.82 Å². The fourth-order valence-corrected chi connectivity index (χ4v) is 1.69. The van der Waals surface area contributed by atoms with Gasteiger partial charge in [0.05, 0.1) is 6.54 Å². The van der Waals surface area contributed by atoms with Gasteiger partial charge in [0.25, 0.3) is 0 Å². The van der Waals surface area contributed by atoms with Gasteiger partial charge in [0, 0.05) is 5.56 Å². The lowest BCUT2D eigenvalue weighted by Crippen LogP contribution is -2.11. The number of nitrogens with one attached hydrogen (secondary N) is 1. The highest BCUT2D eigenvalue weighted by molar-refractivity contribution is 5.57. The highest BCUT2D eigenvalue weighted by Crippen LogP contribution is 2.22. The Morgan fingerprint density at radius 3 is 2.53 bits per heavy atom. The number of hydrogen-bond donors (Lipinski definition) is 1. The van der Waals surface area contributed by atoms with Gasteiger partial charge < -0.3 is 9.84 Å². The van der Waals surface area contributed by atoms with Gasteiger partial charge in [0.15, 0.2) is 0 Å². The monoisotopic (exact) mass is 258 g/mol. The van der Waals surface area contributed by atoms with Gasteiger partial charge in [0.2, 0.25) is 0 Å². The standard InChI is InChI=1S/C13H11FN4O/c14-11-3-1-10(2-4-11)13-6-5-12(19-13)7-17-18-8-15-16-9-18/h1-6,8-9,17H,7H2. The maximum Gasteiger partial charge on any atom is 0.138 e. The van der Waals surface area contributed by atoms with Crippen LogP contribution in [0.2, 0.25) is 0 Å². The van der Waals surface area contributed by atoms with Gasteiger partial charge in [-0.1, -0.05) is 0 Å². The third-order valence-corrected chi connectivity index (χ3v) is 2.65. The maximum atomic E-state index is 12.8. The van der Waals surface area contributed by atoms with Crippen LogP contribution in [0.1, 0.15) is 5.76 Å². The highest BCUT2D eigenvalue weighted by Gasteiger charge is 2.04. The van der Waals surface area contributed by atoms with E-state index in [1.54, 1.807) is 29.5 Å². The number of halogens is 1. The van der Waals surface area contributed by atoms with Crippen LogP contribution in [0.5, 0.6) is 0 Å². The van der Waals surface area contributed by atoms with Gasteiger partial charge in [-0.3, -0.25) is 0 Å². The van der Waals surface area contributed by atoms with Gasteiger partial charge >= 0.3 is 0 Å². The fraction of sp³-hybridized carbons (Fsp3) is 0.0769. The minimum Gasteiger partial charge on any atom is -0.459 e. The molecule has 0 aliphatic rings. The Hall–Kier alpha value is -2.63. The molecule has 5 nitrogen and oxygen atoms in total. The average molecular weight is 258 g/mol. The van der Waals surface area contributed by atoms with Crippen LogP contribution in [0.25, 0.3) is 11.3 Å². The molecule has 0 saturated carbocycles. The summed E-state index contributed by atoms with van der Waals surface area (Å²) in [6.07, 6.45) is 3.12. The molecule has 96 valence electrons. The van der Waals surface area contributed by atoms with Crippen LogP contribution < -0.4 is 5.43 Å². The van der Waals surface area contributed by atoms with Gasteiger partial charge in [-0.25, -0.2) is 9.07 Å². The molecule has 0 fully saturated rings. The molecule has 0 aliphatic carbocycles. The van der Waals surface area contributed by atoms with Gasteiger partial charge in [-0.05, 0) is 36.4 Å². The van der Waals surface area contributed by atoms with E-state index >= 15 is 0 Å². The van der Waals surface area contributed by atoms with Crippen LogP contribution in [-0.4, -0.2) is 14.9 Å². The van der Waals surface area contributed by atoms with Crippen LogP contribution in [0.4, 0.5) is 4.39 Å². The number of hydrogen-bond acceptors (Lipinski definition) is 4. The molecule has 0 atom stereocenters. The van der Waals surface area contributed by atoms with Crippen LogP contribution in [-0.2, 0) is 6.54 Å². The molecule has 19 heavy (non-hydrogen) atoms. The Labute approximate surface area is 108 Å². The van der Waals surface area contributed by atoms with Crippen LogP contribution in [0.15, 0.2) is 53.5 Å². The minimum absolute atomic E-state index is 0.259. The molecule has 2 aromatic heterocycles. The third kappa shape index (κ3) is 2.62. The van der Waals surface area contributed by atoms with Gasteiger partial charge in [0.1, 0.15) is 30.0 Å². The van der Waals surface area contributed by atoms with E-state index in [9.17, 15) is 4.39 Å². The first-order valence-corrected chi connectivity index (χ1v) is 5.74. The van der Waals surface area contributed by atoms with Crippen molar-refractivity contribution in [2.75, 3.05) is 5.43 Å². The van der Waals surface area contributed by atoms with E-state index in [1.807, 2.05) is 12.1 Å². The summed E-state index contributed by atoms with van der Waals surface area (Å²) in [6.45, 7) is 0.513. The van der Waals surface area contributed by atoms with Crippen LogP contribution >= 0.6 is 0 Å². The maximum absolute atomic E-state index is 12.8. The van der Waals surface area contributed by atoms with Crippen molar-refractivity contribution in [3.8, 4) is 11.3 Å². The molecule has 0 saturated heterocycles.